The molecular formula is C9H10BrN3O2S. The van der Waals surface area contributed by atoms with Gasteiger partial charge in [0, 0.05) is 16.9 Å². The molecule has 1 unspecified atom stereocenters. The third kappa shape index (κ3) is 2.10. The fraction of sp³-hybridized carbons (Fsp3) is 0.333. The molecule has 0 spiro atoms. The van der Waals surface area contributed by atoms with Gasteiger partial charge >= 0.3 is 0 Å². The number of hydrogen-bond donors (Lipinski definition) is 1. The molecule has 7 heteroatoms. The van der Waals surface area contributed by atoms with E-state index in [2.05, 4.69) is 30.9 Å². The number of hydrogen-bond acceptors (Lipinski definition) is 4. The maximum absolute atomic E-state index is 11.4. The van der Waals surface area contributed by atoms with E-state index < -0.39 is 15.1 Å². The average Bonchev–Trinajstić information content (AvgIpc) is 2.57. The van der Waals surface area contributed by atoms with Crippen molar-refractivity contribution in [3.05, 3.63) is 22.6 Å². The lowest BCUT2D eigenvalue weighted by Gasteiger charge is -2.03. The quantitative estimate of drug-likeness (QED) is 0.918. The summed E-state index contributed by atoms with van der Waals surface area (Å²) in [5.41, 5.74) is 1.24. The maximum Gasteiger partial charge on any atom is 0.177 e. The second-order valence-corrected chi connectivity index (χ2v) is 6.90. The molecule has 5 nitrogen and oxygen atoms in total. The first-order chi connectivity index (χ1) is 7.38. The first-order valence-electron chi connectivity index (χ1n) is 4.58. The summed E-state index contributed by atoms with van der Waals surface area (Å²) in [6.07, 6.45) is 2.81. The van der Waals surface area contributed by atoms with E-state index in [-0.39, 0.29) is 0 Å². The van der Waals surface area contributed by atoms with E-state index in [1.54, 1.807) is 13.1 Å². The second-order valence-electron chi connectivity index (χ2n) is 3.62. The SMILES string of the molecule is CC(c1nc2ncc(Br)cc2[nH]1)S(C)(=O)=O. The van der Waals surface area contributed by atoms with Crippen LogP contribution in [0.3, 0.4) is 0 Å². The predicted molar refractivity (Wildman–Crippen MR) is 64.8 cm³/mol. The molecular weight excluding hydrogens is 294 g/mol. The molecule has 2 rings (SSSR count). The van der Waals surface area contributed by atoms with Gasteiger partial charge in [-0.3, -0.25) is 0 Å². The first kappa shape index (κ1) is 11.5. The molecule has 0 saturated carbocycles. The smallest absolute Gasteiger partial charge is 0.177 e. The van der Waals surface area contributed by atoms with Crippen LogP contribution in [0.25, 0.3) is 11.2 Å². The van der Waals surface area contributed by atoms with Gasteiger partial charge in [-0.1, -0.05) is 0 Å². The summed E-state index contributed by atoms with van der Waals surface area (Å²) in [7, 11) is -3.15. The Kier molecular flexibility index (Phi) is 2.75. The van der Waals surface area contributed by atoms with Crippen LogP contribution in [0.5, 0.6) is 0 Å². The van der Waals surface area contributed by atoms with E-state index in [4.69, 9.17) is 0 Å². The van der Waals surface area contributed by atoms with Crippen LogP contribution in [0.1, 0.15) is 18.0 Å². The molecule has 0 fully saturated rings. The van der Waals surface area contributed by atoms with Gasteiger partial charge in [-0.25, -0.2) is 18.4 Å². The van der Waals surface area contributed by atoms with Gasteiger partial charge in [-0.15, -0.1) is 0 Å². The van der Waals surface area contributed by atoms with Crippen LogP contribution in [0.15, 0.2) is 16.7 Å². The number of nitrogens with zero attached hydrogens (tertiary/aromatic N) is 2. The molecule has 0 saturated heterocycles. The Morgan fingerprint density at radius 3 is 2.81 bits per heavy atom. The number of fused-ring (bicyclic) bond motifs is 1. The molecule has 1 N–H and O–H groups in total. The Labute approximate surface area is 101 Å². The van der Waals surface area contributed by atoms with Crippen molar-refractivity contribution in [2.75, 3.05) is 6.26 Å². The normalized spacial score (nSPS) is 14.2. The van der Waals surface area contributed by atoms with Crippen molar-refractivity contribution in [2.24, 2.45) is 0 Å². The number of pyridine rings is 1. The molecule has 0 amide bonds. The molecule has 1 atom stereocenters. The Bertz CT molecular complexity index is 635. The van der Waals surface area contributed by atoms with Crippen molar-refractivity contribution in [3.63, 3.8) is 0 Å². The lowest BCUT2D eigenvalue weighted by Crippen LogP contribution is -2.09. The van der Waals surface area contributed by atoms with Crippen molar-refractivity contribution >= 4 is 36.9 Å². The minimum atomic E-state index is -3.15. The summed E-state index contributed by atoms with van der Waals surface area (Å²) in [4.78, 5) is 11.2. The first-order valence-corrected chi connectivity index (χ1v) is 7.32. The number of H-pyrrole nitrogens is 1. The maximum atomic E-state index is 11.4. The fourth-order valence-electron chi connectivity index (χ4n) is 1.29. The standard InChI is InChI=1S/C9H10BrN3O2S/c1-5(16(2,14)15)8-12-7-3-6(10)4-11-9(7)13-8/h3-5H,1-2H3,(H,11,12,13). The van der Waals surface area contributed by atoms with Crippen molar-refractivity contribution < 1.29 is 8.42 Å². The van der Waals surface area contributed by atoms with E-state index >= 15 is 0 Å². The highest BCUT2D eigenvalue weighted by Gasteiger charge is 2.21. The van der Waals surface area contributed by atoms with Gasteiger partial charge < -0.3 is 4.98 Å². The zero-order valence-electron chi connectivity index (χ0n) is 8.73. The van der Waals surface area contributed by atoms with Gasteiger partial charge in [-0.05, 0) is 28.9 Å². The summed E-state index contributed by atoms with van der Waals surface area (Å²) in [6, 6.07) is 1.81. The number of imidazole rings is 1. The zero-order chi connectivity index (χ0) is 11.9. The third-order valence-electron chi connectivity index (χ3n) is 2.35. The van der Waals surface area contributed by atoms with Gasteiger partial charge in [0.2, 0.25) is 0 Å². The Balaban J connectivity index is 2.56. The number of halogens is 1. The third-order valence-corrected chi connectivity index (χ3v) is 4.29. The van der Waals surface area contributed by atoms with Gasteiger partial charge in [0.1, 0.15) is 11.1 Å². The summed E-state index contributed by atoms with van der Waals surface area (Å²) in [5.74, 6) is 0.420. The molecule has 0 aliphatic rings. The summed E-state index contributed by atoms with van der Waals surface area (Å²) in [5, 5.41) is -0.652. The molecule has 2 aromatic heterocycles. The molecule has 0 aliphatic carbocycles. The molecule has 0 radical (unpaired) electrons. The molecule has 86 valence electrons. The lowest BCUT2D eigenvalue weighted by atomic mass is 10.4. The largest absolute Gasteiger partial charge is 0.339 e. The van der Waals surface area contributed by atoms with E-state index in [1.165, 1.54) is 6.26 Å². The number of rotatable bonds is 2. The summed E-state index contributed by atoms with van der Waals surface area (Å²) in [6.45, 7) is 1.60. The highest BCUT2D eigenvalue weighted by molar-refractivity contribution is 9.10. The number of aromatic nitrogens is 3. The highest BCUT2D eigenvalue weighted by atomic mass is 79.9. The van der Waals surface area contributed by atoms with Gasteiger partial charge in [0.15, 0.2) is 15.5 Å². The zero-order valence-corrected chi connectivity index (χ0v) is 11.1. The second kappa shape index (κ2) is 3.81. The van der Waals surface area contributed by atoms with Crippen molar-refractivity contribution in [2.45, 2.75) is 12.2 Å². The lowest BCUT2D eigenvalue weighted by molar-refractivity contribution is 0.590. The predicted octanol–water partition coefficient (Wildman–Crippen LogP) is 1.83. The monoisotopic (exact) mass is 303 g/mol. The number of sulfone groups is 1. The molecule has 0 aromatic carbocycles. The summed E-state index contributed by atoms with van der Waals surface area (Å²) >= 11 is 3.29. The number of nitrogens with one attached hydrogen (secondary N) is 1. The highest BCUT2D eigenvalue weighted by Crippen LogP contribution is 2.22. The Hall–Kier alpha value is -0.950. The van der Waals surface area contributed by atoms with Crippen LogP contribution in [0.2, 0.25) is 0 Å². The van der Waals surface area contributed by atoms with E-state index in [0.29, 0.717) is 11.5 Å². The van der Waals surface area contributed by atoms with Crippen LogP contribution in [0.4, 0.5) is 0 Å². The van der Waals surface area contributed by atoms with Crippen molar-refractivity contribution in [1.29, 1.82) is 0 Å². The minimum absolute atomic E-state index is 0.420. The Morgan fingerprint density at radius 1 is 1.50 bits per heavy atom. The van der Waals surface area contributed by atoms with Crippen LogP contribution in [-0.4, -0.2) is 29.6 Å². The minimum Gasteiger partial charge on any atom is -0.339 e. The van der Waals surface area contributed by atoms with E-state index in [9.17, 15) is 8.42 Å². The molecule has 0 bridgehead atoms. The van der Waals surface area contributed by atoms with Gasteiger partial charge in [0.05, 0.1) is 5.52 Å². The van der Waals surface area contributed by atoms with Gasteiger partial charge in [-0.2, -0.15) is 0 Å². The average molecular weight is 304 g/mol. The van der Waals surface area contributed by atoms with Crippen LogP contribution >= 0.6 is 15.9 Å². The van der Waals surface area contributed by atoms with Crippen LogP contribution in [-0.2, 0) is 9.84 Å². The topological polar surface area (TPSA) is 75.7 Å². The van der Waals surface area contributed by atoms with Crippen molar-refractivity contribution in [1.82, 2.24) is 15.0 Å². The number of aromatic amines is 1. The van der Waals surface area contributed by atoms with Gasteiger partial charge in [0.25, 0.3) is 0 Å². The molecule has 16 heavy (non-hydrogen) atoms. The van der Waals surface area contributed by atoms with E-state index in [0.717, 1.165) is 9.99 Å². The Morgan fingerprint density at radius 2 is 2.19 bits per heavy atom. The van der Waals surface area contributed by atoms with E-state index in [1.807, 2.05) is 6.07 Å². The molecule has 2 aromatic rings. The fourth-order valence-corrected chi connectivity index (χ4v) is 2.14. The van der Waals surface area contributed by atoms with Crippen molar-refractivity contribution in [3.8, 4) is 0 Å². The molecule has 2 heterocycles. The van der Waals surface area contributed by atoms with Crippen LogP contribution < -0.4 is 0 Å². The summed E-state index contributed by atoms with van der Waals surface area (Å²) < 4.78 is 23.6. The van der Waals surface area contributed by atoms with Crippen LogP contribution in [0, 0.1) is 0 Å². The molecule has 0 aliphatic heterocycles.